The Labute approximate surface area is 181 Å². The van der Waals surface area contributed by atoms with Crippen molar-refractivity contribution >= 4 is 23.4 Å². The molecule has 0 radical (unpaired) electrons. The molecule has 30 heavy (non-hydrogen) atoms. The van der Waals surface area contributed by atoms with Gasteiger partial charge >= 0.3 is 0 Å². The minimum absolute atomic E-state index is 0.0337. The molecule has 3 aromatic rings. The molecule has 0 spiro atoms. The van der Waals surface area contributed by atoms with Crippen LogP contribution in [0.4, 0.5) is 5.69 Å². The summed E-state index contributed by atoms with van der Waals surface area (Å²) in [6.45, 7) is 2.98. The Morgan fingerprint density at radius 2 is 1.63 bits per heavy atom. The fourth-order valence-corrected chi connectivity index (χ4v) is 4.55. The molecule has 0 atom stereocenters. The second-order valence-corrected chi connectivity index (χ2v) is 8.43. The molecule has 1 fully saturated rings. The van der Waals surface area contributed by atoms with E-state index in [1.54, 1.807) is 4.90 Å². The van der Waals surface area contributed by atoms with Crippen LogP contribution < -0.4 is 4.90 Å². The van der Waals surface area contributed by atoms with E-state index >= 15 is 0 Å². The van der Waals surface area contributed by atoms with Crippen LogP contribution >= 0.6 is 11.8 Å². The van der Waals surface area contributed by atoms with Crippen molar-refractivity contribution in [1.82, 2.24) is 19.7 Å². The zero-order valence-electron chi connectivity index (χ0n) is 17.3. The molecule has 1 amide bonds. The highest BCUT2D eigenvalue weighted by Crippen LogP contribution is 2.24. The lowest BCUT2D eigenvalue weighted by atomic mass is 10.1. The van der Waals surface area contributed by atoms with Crippen molar-refractivity contribution in [2.45, 2.75) is 31.0 Å². The fourth-order valence-electron chi connectivity index (χ4n) is 3.67. The molecule has 1 aliphatic rings. The number of nitrogens with zero attached hydrogens (tertiary/aromatic N) is 5. The number of carbonyl (C=O) groups excluding carboxylic acids is 1. The summed E-state index contributed by atoms with van der Waals surface area (Å²) in [5, 5.41) is 9.69. The van der Waals surface area contributed by atoms with Crippen LogP contribution in [-0.4, -0.2) is 51.5 Å². The monoisotopic (exact) mass is 421 g/mol. The van der Waals surface area contributed by atoms with Crippen molar-refractivity contribution in [3.8, 4) is 5.69 Å². The number of likely N-dealkylation sites (tertiary alicyclic amines) is 1. The highest BCUT2D eigenvalue weighted by Gasteiger charge is 2.20. The van der Waals surface area contributed by atoms with Crippen LogP contribution in [0, 0.1) is 0 Å². The maximum atomic E-state index is 12.7. The Morgan fingerprint density at radius 3 is 2.33 bits per heavy atom. The lowest BCUT2D eigenvalue weighted by Gasteiger charge is -2.26. The predicted octanol–water partition coefficient (Wildman–Crippen LogP) is 4.01. The number of hydrogen-bond donors (Lipinski definition) is 0. The van der Waals surface area contributed by atoms with Gasteiger partial charge in [0.1, 0.15) is 0 Å². The zero-order valence-corrected chi connectivity index (χ0v) is 18.1. The van der Waals surface area contributed by atoms with Crippen LogP contribution in [0.15, 0.2) is 65.8 Å². The van der Waals surface area contributed by atoms with E-state index in [1.165, 1.54) is 31.0 Å². The van der Waals surface area contributed by atoms with Crippen molar-refractivity contribution in [1.29, 1.82) is 0 Å². The van der Waals surface area contributed by atoms with Gasteiger partial charge in [-0.15, -0.1) is 10.2 Å². The van der Waals surface area contributed by atoms with E-state index in [2.05, 4.69) is 31.8 Å². The van der Waals surface area contributed by atoms with Gasteiger partial charge in [-0.05, 0) is 50.2 Å². The highest BCUT2D eigenvalue weighted by molar-refractivity contribution is 7.99. The molecule has 1 aromatic heterocycles. The Hall–Kier alpha value is -2.64. The summed E-state index contributed by atoms with van der Waals surface area (Å²) in [4.78, 5) is 16.9. The lowest BCUT2D eigenvalue weighted by molar-refractivity contribution is -0.115. The van der Waals surface area contributed by atoms with Gasteiger partial charge in [-0.25, -0.2) is 0 Å². The average molecular weight is 422 g/mol. The molecule has 2 aromatic carbocycles. The summed E-state index contributed by atoms with van der Waals surface area (Å²) < 4.78 is 2.09. The normalized spacial score (nSPS) is 14.6. The molecule has 0 unspecified atom stereocenters. The van der Waals surface area contributed by atoms with Gasteiger partial charge in [-0.1, -0.05) is 54.6 Å². The Balaban J connectivity index is 1.51. The standard InChI is InChI=1S/C23H27N5OS/c1-26(19-11-5-2-6-12-19)22(29)18-30-23-25-24-21(17-27-15-9-4-10-16-27)28(23)20-13-7-3-8-14-20/h2-3,5-8,11-14H,4,9-10,15-18H2,1H3. The minimum Gasteiger partial charge on any atom is -0.315 e. The first-order chi connectivity index (χ1) is 14.7. The summed E-state index contributed by atoms with van der Waals surface area (Å²) in [6, 6.07) is 19.8. The van der Waals surface area contributed by atoms with E-state index in [0.29, 0.717) is 5.75 Å². The Bertz CT molecular complexity index is 954. The average Bonchev–Trinajstić information content (AvgIpc) is 3.21. The number of thioether (sulfide) groups is 1. The molecule has 156 valence electrons. The molecule has 0 N–H and O–H groups in total. The third-order valence-corrected chi connectivity index (χ3v) is 6.28. The maximum Gasteiger partial charge on any atom is 0.237 e. The van der Waals surface area contributed by atoms with Gasteiger partial charge in [-0.2, -0.15) is 0 Å². The molecule has 0 saturated carbocycles. The second kappa shape index (κ2) is 9.91. The van der Waals surface area contributed by atoms with Crippen LogP contribution in [0.1, 0.15) is 25.1 Å². The van der Waals surface area contributed by atoms with Crippen LogP contribution in [0.3, 0.4) is 0 Å². The SMILES string of the molecule is CN(C(=O)CSc1nnc(CN2CCCCC2)n1-c1ccccc1)c1ccccc1. The summed E-state index contributed by atoms with van der Waals surface area (Å²) in [6.07, 6.45) is 3.78. The first kappa shape index (κ1) is 20.6. The van der Waals surface area contributed by atoms with Gasteiger partial charge in [0, 0.05) is 18.4 Å². The van der Waals surface area contributed by atoms with Crippen molar-refractivity contribution in [3.05, 3.63) is 66.5 Å². The third kappa shape index (κ3) is 4.91. The topological polar surface area (TPSA) is 54.3 Å². The van der Waals surface area contributed by atoms with Crippen LogP contribution in [0.5, 0.6) is 0 Å². The van der Waals surface area contributed by atoms with Gasteiger partial charge in [-0.3, -0.25) is 14.3 Å². The van der Waals surface area contributed by atoms with Crippen molar-refractivity contribution < 1.29 is 4.79 Å². The molecule has 2 heterocycles. The van der Waals surface area contributed by atoms with Gasteiger partial charge in [0.15, 0.2) is 11.0 Å². The smallest absolute Gasteiger partial charge is 0.237 e. The summed E-state index contributed by atoms with van der Waals surface area (Å²) >= 11 is 1.44. The summed E-state index contributed by atoms with van der Waals surface area (Å²) in [5.74, 6) is 1.26. The molecule has 6 nitrogen and oxygen atoms in total. The molecule has 7 heteroatoms. The Morgan fingerprint density at radius 1 is 0.967 bits per heavy atom. The van der Waals surface area contributed by atoms with Crippen molar-refractivity contribution in [2.24, 2.45) is 0 Å². The van der Waals surface area contributed by atoms with Crippen molar-refractivity contribution in [3.63, 3.8) is 0 Å². The van der Waals surface area contributed by atoms with Crippen LogP contribution in [-0.2, 0) is 11.3 Å². The number of para-hydroxylation sites is 2. The molecular formula is C23H27N5OS. The number of rotatable bonds is 7. The number of carbonyl (C=O) groups is 1. The quantitative estimate of drug-likeness (QED) is 0.540. The first-order valence-corrected chi connectivity index (χ1v) is 11.4. The van der Waals surface area contributed by atoms with Gasteiger partial charge in [0.2, 0.25) is 5.91 Å². The van der Waals surface area contributed by atoms with Gasteiger partial charge in [0.25, 0.3) is 0 Å². The van der Waals surface area contributed by atoms with Crippen LogP contribution in [0.25, 0.3) is 5.69 Å². The van der Waals surface area contributed by atoms with E-state index in [9.17, 15) is 4.79 Å². The number of benzene rings is 2. The van der Waals surface area contributed by atoms with Crippen molar-refractivity contribution in [2.75, 3.05) is 30.8 Å². The number of piperidine rings is 1. The molecule has 1 saturated heterocycles. The van der Waals surface area contributed by atoms with Crippen LogP contribution in [0.2, 0.25) is 0 Å². The minimum atomic E-state index is 0.0337. The zero-order chi connectivity index (χ0) is 20.8. The van der Waals surface area contributed by atoms with E-state index in [0.717, 1.165) is 42.0 Å². The predicted molar refractivity (Wildman–Crippen MR) is 121 cm³/mol. The van der Waals surface area contributed by atoms with Gasteiger partial charge < -0.3 is 4.90 Å². The molecule has 0 aliphatic carbocycles. The molecular weight excluding hydrogens is 394 g/mol. The van der Waals surface area contributed by atoms with E-state index in [-0.39, 0.29) is 5.91 Å². The number of amides is 1. The number of aromatic nitrogens is 3. The second-order valence-electron chi connectivity index (χ2n) is 7.48. The largest absolute Gasteiger partial charge is 0.315 e. The fraction of sp³-hybridized carbons (Fsp3) is 0.348. The maximum absolute atomic E-state index is 12.7. The Kier molecular flexibility index (Phi) is 6.81. The van der Waals surface area contributed by atoms with Gasteiger partial charge in [0.05, 0.1) is 12.3 Å². The summed E-state index contributed by atoms with van der Waals surface area (Å²) in [5.41, 5.74) is 1.92. The highest BCUT2D eigenvalue weighted by atomic mass is 32.2. The molecule has 1 aliphatic heterocycles. The molecule has 4 rings (SSSR count). The van der Waals surface area contributed by atoms with E-state index in [4.69, 9.17) is 0 Å². The summed E-state index contributed by atoms with van der Waals surface area (Å²) in [7, 11) is 1.81. The number of anilines is 1. The lowest BCUT2D eigenvalue weighted by Crippen LogP contribution is -2.30. The molecule has 0 bridgehead atoms. The number of hydrogen-bond acceptors (Lipinski definition) is 5. The van der Waals surface area contributed by atoms with E-state index < -0.39 is 0 Å². The third-order valence-electron chi connectivity index (χ3n) is 5.37. The first-order valence-electron chi connectivity index (χ1n) is 10.4. The van der Waals surface area contributed by atoms with E-state index in [1.807, 2.05) is 55.6 Å².